The van der Waals surface area contributed by atoms with E-state index in [1.165, 1.54) is 5.69 Å². The van der Waals surface area contributed by atoms with Crippen LogP contribution in [0.4, 0.5) is 11.4 Å². The highest BCUT2D eigenvalue weighted by Gasteiger charge is 2.38. The van der Waals surface area contributed by atoms with Gasteiger partial charge in [-0.25, -0.2) is 0 Å². The topological polar surface area (TPSA) is 35.6 Å². The second-order valence-electron chi connectivity index (χ2n) is 5.88. The minimum atomic E-state index is 0.177. The third kappa shape index (κ3) is 2.13. The minimum Gasteiger partial charge on any atom is -0.365 e. The average molecular weight is 338 g/mol. The summed E-state index contributed by atoms with van der Waals surface area (Å²) in [7, 11) is 0. The van der Waals surface area contributed by atoms with Crippen molar-refractivity contribution in [2.45, 2.75) is 32.9 Å². The van der Waals surface area contributed by atoms with Gasteiger partial charge in [0.1, 0.15) is 0 Å². The van der Waals surface area contributed by atoms with Crippen LogP contribution in [0.1, 0.15) is 19.4 Å². The van der Waals surface area contributed by atoms with Gasteiger partial charge in [-0.1, -0.05) is 15.9 Å². The molecule has 1 saturated heterocycles. The number of benzene rings is 1. The molecule has 108 valence electrons. The lowest BCUT2D eigenvalue weighted by molar-refractivity contribution is -0.119. The second-order valence-corrected chi connectivity index (χ2v) is 6.80. The van der Waals surface area contributed by atoms with Gasteiger partial charge in [-0.2, -0.15) is 0 Å². The van der Waals surface area contributed by atoms with Crippen molar-refractivity contribution < 1.29 is 4.79 Å². The summed E-state index contributed by atoms with van der Waals surface area (Å²) in [5.74, 6) is 0.177. The monoisotopic (exact) mass is 337 g/mol. The molecule has 1 N–H and O–H groups in total. The summed E-state index contributed by atoms with van der Waals surface area (Å²) in [6.07, 6.45) is 0. The number of carbonyl (C=O) groups is 1. The average Bonchev–Trinajstić information content (AvgIpc) is 2.37. The first kappa shape index (κ1) is 13.9. The molecular formula is C15H20BrN3O. The Hall–Kier alpha value is -1.07. The molecule has 0 spiro atoms. The smallest absolute Gasteiger partial charge is 0.241 e. The first-order chi connectivity index (χ1) is 9.49. The van der Waals surface area contributed by atoms with Gasteiger partial charge >= 0.3 is 0 Å². The molecule has 1 amide bonds. The third-order valence-corrected chi connectivity index (χ3v) is 4.57. The van der Waals surface area contributed by atoms with Crippen LogP contribution in [0.25, 0.3) is 0 Å². The van der Waals surface area contributed by atoms with E-state index in [4.69, 9.17) is 0 Å². The maximum Gasteiger partial charge on any atom is 0.241 e. The Labute approximate surface area is 128 Å². The maximum absolute atomic E-state index is 12.3. The summed E-state index contributed by atoms with van der Waals surface area (Å²) in [6, 6.07) is 4.87. The zero-order chi connectivity index (χ0) is 14.4. The van der Waals surface area contributed by atoms with Crippen LogP contribution in [0.2, 0.25) is 0 Å². The van der Waals surface area contributed by atoms with Gasteiger partial charge in [0.05, 0.1) is 24.0 Å². The summed E-state index contributed by atoms with van der Waals surface area (Å²) in [5, 5.41) is 3.23. The van der Waals surface area contributed by atoms with Gasteiger partial charge in [-0.15, -0.1) is 0 Å². The number of nitrogens with one attached hydrogen (secondary N) is 1. The Morgan fingerprint density at radius 2 is 2.15 bits per heavy atom. The molecule has 0 radical (unpaired) electrons. The Morgan fingerprint density at radius 1 is 1.40 bits per heavy atom. The molecule has 1 aromatic rings. The van der Waals surface area contributed by atoms with Crippen molar-refractivity contribution in [2.75, 3.05) is 29.4 Å². The molecule has 0 saturated carbocycles. The van der Waals surface area contributed by atoms with Gasteiger partial charge in [0, 0.05) is 23.6 Å². The van der Waals surface area contributed by atoms with Crippen LogP contribution in [-0.4, -0.2) is 37.6 Å². The Morgan fingerprint density at radius 3 is 2.85 bits per heavy atom. The Kier molecular flexibility index (Phi) is 3.50. The number of aryl methyl sites for hydroxylation is 1. The normalized spacial score (nSPS) is 22.1. The van der Waals surface area contributed by atoms with Gasteiger partial charge in [0.25, 0.3) is 0 Å². The highest BCUT2D eigenvalue weighted by Crippen LogP contribution is 2.41. The van der Waals surface area contributed by atoms with Crippen molar-refractivity contribution in [3.05, 3.63) is 22.2 Å². The van der Waals surface area contributed by atoms with Gasteiger partial charge in [0.15, 0.2) is 0 Å². The number of carbonyl (C=O) groups excluding carboxylic acids is 1. The number of halogens is 1. The lowest BCUT2D eigenvalue weighted by atomic mass is 10.00. The number of anilines is 2. The lowest BCUT2D eigenvalue weighted by Gasteiger charge is -2.48. The van der Waals surface area contributed by atoms with Crippen LogP contribution in [0.3, 0.4) is 0 Å². The lowest BCUT2D eigenvalue weighted by Crippen LogP contribution is -2.62. The summed E-state index contributed by atoms with van der Waals surface area (Å²) < 4.78 is 1.07. The fourth-order valence-electron chi connectivity index (χ4n) is 3.24. The van der Waals surface area contributed by atoms with Crippen LogP contribution in [-0.2, 0) is 4.79 Å². The van der Waals surface area contributed by atoms with Crippen LogP contribution in [0, 0.1) is 6.92 Å². The molecular weight excluding hydrogens is 318 g/mol. The van der Waals surface area contributed by atoms with E-state index in [2.05, 4.69) is 59.1 Å². The first-order valence-corrected chi connectivity index (χ1v) is 7.88. The molecule has 2 aliphatic heterocycles. The van der Waals surface area contributed by atoms with E-state index in [1.807, 2.05) is 4.90 Å². The molecule has 5 heteroatoms. The number of hydrogen-bond acceptors (Lipinski definition) is 3. The predicted molar refractivity (Wildman–Crippen MR) is 85.5 cm³/mol. The van der Waals surface area contributed by atoms with E-state index in [9.17, 15) is 4.79 Å². The minimum absolute atomic E-state index is 0.177. The summed E-state index contributed by atoms with van der Waals surface area (Å²) in [4.78, 5) is 16.7. The molecule has 0 aliphatic carbocycles. The van der Waals surface area contributed by atoms with Crippen molar-refractivity contribution >= 4 is 33.2 Å². The van der Waals surface area contributed by atoms with E-state index in [1.54, 1.807) is 0 Å². The highest BCUT2D eigenvalue weighted by molar-refractivity contribution is 9.10. The first-order valence-electron chi connectivity index (χ1n) is 7.08. The largest absolute Gasteiger partial charge is 0.365 e. The van der Waals surface area contributed by atoms with E-state index in [0.717, 1.165) is 28.8 Å². The van der Waals surface area contributed by atoms with E-state index in [-0.39, 0.29) is 11.9 Å². The zero-order valence-corrected chi connectivity index (χ0v) is 13.7. The van der Waals surface area contributed by atoms with E-state index >= 15 is 0 Å². The molecule has 1 atom stereocenters. The molecule has 2 aliphatic rings. The molecule has 3 rings (SSSR count). The number of nitrogens with zero attached hydrogens (tertiary/aromatic N) is 2. The fourth-order valence-corrected chi connectivity index (χ4v) is 3.80. The van der Waals surface area contributed by atoms with E-state index < -0.39 is 0 Å². The van der Waals surface area contributed by atoms with Crippen LogP contribution >= 0.6 is 15.9 Å². The fraction of sp³-hybridized carbons (Fsp3) is 0.533. The molecule has 1 aromatic carbocycles. The molecule has 2 heterocycles. The summed E-state index contributed by atoms with van der Waals surface area (Å²) in [5.41, 5.74) is 3.41. The SMILES string of the molecule is Cc1cc(Br)cc2c1N1C(=O)CNCC1CN2C(C)C. The number of amides is 1. The van der Waals surface area contributed by atoms with Crippen molar-refractivity contribution in [3.8, 4) is 0 Å². The molecule has 20 heavy (non-hydrogen) atoms. The molecule has 1 unspecified atom stereocenters. The number of hydrogen-bond donors (Lipinski definition) is 1. The van der Waals surface area contributed by atoms with Gasteiger partial charge < -0.3 is 15.1 Å². The van der Waals surface area contributed by atoms with Gasteiger partial charge in [0.2, 0.25) is 5.91 Å². The van der Waals surface area contributed by atoms with Gasteiger partial charge in [-0.3, -0.25) is 4.79 Å². The highest BCUT2D eigenvalue weighted by atomic mass is 79.9. The number of rotatable bonds is 1. The second kappa shape index (κ2) is 5.04. The van der Waals surface area contributed by atoms with Crippen LogP contribution in [0.15, 0.2) is 16.6 Å². The predicted octanol–water partition coefficient (Wildman–Crippen LogP) is 2.29. The van der Waals surface area contributed by atoms with E-state index in [0.29, 0.717) is 12.6 Å². The number of fused-ring (bicyclic) bond motifs is 3. The quantitative estimate of drug-likeness (QED) is 0.854. The molecule has 0 bridgehead atoms. The summed E-state index contributed by atoms with van der Waals surface area (Å²) >= 11 is 3.58. The molecule has 1 fully saturated rings. The van der Waals surface area contributed by atoms with Crippen LogP contribution in [0.5, 0.6) is 0 Å². The van der Waals surface area contributed by atoms with Crippen molar-refractivity contribution in [3.63, 3.8) is 0 Å². The Balaban J connectivity index is 2.18. The van der Waals surface area contributed by atoms with Crippen molar-refractivity contribution in [1.82, 2.24) is 5.32 Å². The zero-order valence-electron chi connectivity index (χ0n) is 12.1. The standard InChI is InChI=1S/C15H20BrN3O/c1-9(2)18-8-12-6-17-7-14(20)19(12)15-10(3)4-11(16)5-13(15)18/h4-5,9,12,17H,6-8H2,1-3H3. The van der Waals surface area contributed by atoms with Gasteiger partial charge in [-0.05, 0) is 38.5 Å². The van der Waals surface area contributed by atoms with Crippen molar-refractivity contribution in [2.24, 2.45) is 0 Å². The summed E-state index contributed by atoms with van der Waals surface area (Å²) in [6.45, 7) is 8.68. The Bertz CT molecular complexity index is 558. The molecule has 4 nitrogen and oxygen atoms in total. The third-order valence-electron chi connectivity index (χ3n) is 4.12. The molecule has 0 aromatic heterocycles. The van der Waals surface area contributed by atoms with Crippen LogP contribution < -0.4 is 15.1 Å². The maximum atomic E-state index is 12.3. The number of piperazine rings is 1. The van der Waals surface area contributed by atoms with Crippen molar-refractivity contribution in [1.29, 1.82) is 0 Å².